The summed E-state index contributed by atoms with van der Waals surface area (Å²) in [6, 6.07) is 16.1. The van der Waals surface area contributed by atoms with Crippen molar-refractivity contribution in [3.05, 3.63) is 71.3 Å². The summed E-state index contributed by atoms with van der Waals surface area (Å²) in [5.74, 6) is -0.237. The maximum absolute atomic E-state index is 12.7. The van der Waals surface area contributed by atoms with E-state index in [2.05, 4.69) is 40.3 Å². The van der Waals surface area contributed by atoms with Crippen LogP contribution in [0.1, 0.15) is 68.6 Å². The number of alkyl carbamates (subject to hydrolysis) is 1. The molecule has 1 fully saturated rings. The number of amides is 3. The Balaban J connectivity index is 1.37. The Bertz CT molecular complexity index is 1070. The number of hydrogen-bond acceptors (Lipinski definition) is 6. The Labute approximate surface area is 224 Å². The van der Waals surface area contributed by atoms with Gasteiger partial charge < -0.3 is 20.7 Å². The van der Waals surface area contributed by atoms with Crippen LogP contribution < -0.4 is 21.3 Å². The largest absolute Gasteiger partial charge is 0.449 e. The maximum atomic E-state index is 12.7. The zero-order valence-electron chi connectivity index (χ0n) is 22.2. The van der Waals surface area contributed by atoms with Crippen LogP contribution in [0.4, 0.5) is 4.79 Å². The lowest BCUT2D eigenvalue weighted by Gasteiger charge is -2.17. The Hall–Kier alpha value is -3.72. The van der Waals surface area contributed by atoms with Gasteiger partial charge >= 0.3 is 6.09 Å². The molecule has 1 aliphatic heterocycles. The summed E-state index contributed by atoms with van der Waals surface area (Å²) in [6.45, 7) is 5.12. The summed E-state index contributed by atoms with van der Waals surface area (Å²) in [5, 5.41) is 19.4. The minimum absolute atomic E-state index is 0.0505. The number of amidine groups is 1. The first-order valence-corrected chi connectivity index (χ1v) is 13.4. The highest BCUT2D eigenvalue weighted by atomic mass is 16.5. The minimum Gasteiger partial charge on any atom is -0.449 e. The zero-order chi connectivity index (χ0) is 27.3. The van der Waals surface area contributed by atoms with E-state index in [-0.39, 0.29) is 36.2 Å². The number of ether oxygens (including phenoxy) is 1. The lowest BCUT2D eigenvalue weighted by atomic mass is 9.96. The van der Waals surface area contributed by atoms with Crippen LogP contribution in [0.5, 0.6) is 0 Å². The average Bonchev–Trinajstić information content (AvgIpc) is 3.43. The van der Waals surface area contributed by atoms with Crippen molar-refractivity contribution in [2.45, 2.75) is 70.5 Å². The van der Waals surface area contributed by atoms with Crippen LogP contribution in [0.15, 0.2) is 54.6 Å². The molecule has 0 radical (unpaired) electrons. The number of carbonyl (C=O) groups excluding carboxylic acids is 3. The average molecular weight is 522 g/mol. The Morgan fingerprint density at radius 1 is 1.05 bits per heavy atom. The molecule has 1 saturated heterocycles. The fourth-order valence-electron chi connectivity index (χ4n) is 4.33. The van der Waals surface area contributed by atoms with E-state index in [4.69, 9.17) is 10.1 Å². The smallest absolute Gasteiger partial charge is 0.412 e. The van der Waals surface area contributed by atoms with Gasteiger partial charge in [-0.05, 0) is 36.8 Å². The maximum Gasteiger partial charge on any atom is 0.412 e. The molecule has 3 rings (SSSR count). The highest BCUT2D eigenvalue weighted by molar-refractivity contribution is 6.04. The van der Waals surface area contributed by atoms with Crippen molar-refractivity contribution in [3.8, 4) is 0 Å². The number of unbranched alkanes of at least 4 members (excludes halogenated alkanes) is 3. The van der Waals surface area contributed by atoms with Crippen molar-refractivity contribution in [1.82, 2.24) is 21.3 Å². The van der Waals surface area contributed by atoms with Crippen molar-refractivity contribution < 1.29 is 19.1 Å². The molecule has 0 aromatic heterocycles. The molecule has 2 aromatic carbocycles. The van der Waals surface area contributed by atoms with Crippen molar-refractivity contribution >= 4 is 23.7 Å². The third kappa shape index (κ3) is 8.99. The highest BCUT2D eigenvalue weighted by Crippen LogP contribution is 2.25. The fraction of sp³-hybridized carbons (Fsp3) is 0.448. The standard InChI is InChI=1S/C29H39N5O4/c1-3-4-5-9-16-38-29(37)34-26(30)23-14-12-21(13-15-23)18-32-27(35)20(2)33-28(36)25-17-24(19-31-25)22-10-7-6-8-11-22/h6-8,10-15,20,24-25,31H,3-5,9,16-19H2,1-2H3,(H,32,35)(H,33,36)(H2,30,34,37)/t20-,24-,25+/m0/s1. The Morgan fingerprint density at radius 2 is 1.79 bits per heavy atom. The van der Waals surface area contributed by atoms with Crippen LogP contribution in [0.2, 0.25) is 0 Å². The van der Waals surface area contributed by atoms with E-state index in [9.17, 15) is 14.4 Å². The summed E-state index contributed by atoms with van der Waals surface area (Å²) in [7, 11) is 0. The predicted molar refractivity (Wildman–Crippen MR) is 147 cm³/mol. The molecule has 0 saturated carbocycles. The second kappa shape index (κ2) is 14.9. The summed E-state index contributed by atoms with van der Waals surface area (Å²) in [6.07, 6.45) is 4.09. The van der Waals surface area contributed by atoms with E-state index in [1.807, 2.05) is 18.2 Å². The fourth-order valence-corrected chi connectivity index (χ4v) is 4.33. The van der Waals surface area contributed by atoms with Crippen molar-refractivity contribution in [2.75, 3.05) is 13.2 Å². The van der Waals surface area contributed by atoms with Crippen molar-refractivity contribution in [3.63, 3.8) is 0 Å². The molecule has 0 aliphatic carbocycles. The van der Waals surface area contributed by atoms with Crippen molar-refractivity contribution in [1.29, 1.82) is 5.41 Å². The summed E-state index contributed by atoms with van der Waals surface area (Å²) in [4.78, 5) is 37.1. The summed E-state index contributed by atoms with van der Waals surface area (Å²) < 4.78 is 5.10. The molecule has 38 heavy (non-hydrogen) atoms. The van der Waals surface area contributed by atoms with E-state index >= 15 is 0 Å². The third-order valence-electron chi connectivity index (χ3n) is 6.64. The Kier molecular flexibility index (Phi) is 11.3. The van der Waals surface area contributed by atoms with Gasteiger partial charge in [0.05, 0.1) is 12.6 Å². The first-order valence-electron chi connectivity index (χ1n) is 13.4. The second-order valence-corrected chi connectivity index (χ2v) is 9.65. The van der Waals surface area contributed by atoms with Crippen LogP contribution >= 0.6 is 0 Å². The highest BCUT2D eigenvalue weighted by Gasteiger charge is 2.31. The van der Waals surface area contributed by atoms with Crippen LogP contribution in [0, 0.1) is 5.41 Å². The van der Waals surface area contributed by atoms with Gasteiger partial charge in [-0.25, -0.2) is 4.79 Å². The van der Waals surface area contributed by atoms with Gasteiger partial charge in [0.1, 0.15) is 11.9 Å². The molecule has 9 nitrogen and oxygen atoms in total. The lowest BCUT2D eigenvalue weighted by Crippen LogP contribution is -2.49. The van der Waals surface area contributed by atoms with Gasteiger partial charge in [-0.1, -0.05) is 80.8 Å². The van der Waals surface area contributed by atoms with E-state index in [1.54, 1.807) is 31.2 Å². The van der Waals surface area contributed by atoms with Gasteiger partial charge in [0.25, 0.3) is 0 Å². The number of rotatable bonds is 12. The third-order valence-corrected chi connectivity index (χ3v) is 6.64. The quantitative estimate of drug-likeness (QED) is 0.165. The molecule has 0 spiro atoms. The minimum atomic E-state index is -0.676. The van der Waals surface area contributed by atoms with Crippen LogP contribution in [-0.4, -0.2) is 49.0 Å². The molecule has 9 heteroatoms. The van der Waals surface area contributed by atoms with Crippen LogP contribution in [0.25, 0.3) is 0 Å². The van der Waals surface area contributed by atoms with Gasteiger partial charge in [0.15, 0.2) is 0 Å². The molecule has 3 atom stereocenters. The zero-order valence-corrected chi connectivity index (χ0v) is 22.2. The number of hydrogen-bond donors (Lipinski definition) is 5. The van der Waals surface area contributed by atoms with Gasteiger partial charge in [0, 0.05) is 18.7 Å². The number of benzene rings is 2. The van der Waals surface area contributed by atoms with Gasteiger partial charge in [-0.15, -0.1) is 0 Å². The molecular formula is C29H39N5O4. The molecular weight excluding hydrogens is 482 g/mol. The second-order valence-electron chi connectivity index (χ2n) is 9.65. The van der Waals surface area contributed by atoms with Gasteiger partial charge in [-0.3, -0.25) is 20.3 Å². The molecule has 204 valence electrons. The van der Waals surface area contributed by atoms with E-state index in [0.717, 1.165) is 37.8 Å². The number of carbonyl (C=O) groups is 3. The first-order chi connectivity index (χ1) is 18.4. The van der Waals surface area contributed by atoms with Gasteiger partial charge in [0.2, 0.25) is 11.8 Å². The first kappa shape index (κ1) is 28.8. The lowest BCUT2D eigenvalue weighted by molar-refractivity contribution is -0.129. The Morgan fingerprint density at radius 3 is 2.50 bits per heavy atom. The number of nitrogens with one attached hydrogen (secondary N) is 5. The normalized spacial score (nSPS) is 17.3. The van der Waals surface area contributed by atoms with Gasteiger partial charge in [-0.2, -0.15) is 0 Å². The predicted octanol–water partition coefficient (Wildman–Crippen LogP) is 3.59. The summed E-state index contributed by atoms with van der Waals surface area (Å²) >= 11 is 0. The molecule has 0 unspecified atom stereocenters. The van der Waals surface area contributed by atoms with Crippen LogP contribution in [-0.2, 0) is 20.9 Å². The van der Waals surface area contributed by atoms with E-state index < -0.39 is 12.1 Å². The van der Waals surface area contributed by atoms with E-state index in [1.165, 1.54) is 5.56 Å². The van der Waals surface area contributed by atoms with E-state index in [0.29, 0.717) is 18.6 Å². The summed E-state index contributed by atoms with van der Waals surface area (Å²) in [5.41, 5.74) is 2.56. The molecule has 1 heterocycles. The molecule has 5 N–H and O–H groups in total. The topological polar surface area (TPSA) is 132 Å². The van der Waals surface area contributed by atoms with Crippen LogP contribution in [0.3, 0.4) is 0 Å². The SMILES string of the molecule is CCCCCCOC(=O)NC(=N)c1ccc(CNC(=O)[C@H](C)NC(=O)[C@H]2C[C@H](c3ccccc3)CN2)cc1. The molecule has 0 bridgehead atoms. The van der Waals surface area contributed by atoms with Crippen molar-refractivity contribution in [2.24, 2.45) is 0 Å². The molecule has 2 aromatic rings. The molecule has 3 amide bonds. The monoisotopic (exact) mass is 521 g/mol. The molecule has 1 aliphatic rings.